The summed E-state index contributed by atoms with van der Waals surface area (Å²) < 4.78 is 4.29. The maximum Gasteiger partial charge on any atom is 0.309 e. The van der Waals surface area contributed by atoms with E-state index < -0.39 is 5.41 Å². The van der Waals surface area contributed by atoms with Crippen molar-refractivity contribution >= 4 is 23.6 Å². The minimum Gasteiger partial charge on any atom is -0.465 e. The zero-order valence-corrected chi connectivity index (χ0v) is 17.3. The predicted octanol–water partition coefficient (Wildman–Crippen LogP) is 0.716. The van der Waals surface area contributed by atoms with E-state index in [4.69, 9.17) is 5.11 Å². The van der Waals surface area contributed by atoms with Gasteiger partial charge in [-0.05, 0) is 13.8 Å². The van der Waals surface area contributed by atoms with Crippen LogP contribution in [0.5, 0.6) is 0 Å². The van der Waals surface area contributed by atoms with E-state index in [0.717, 1.165) is 0 Å². The molecule has 0 radical (unpaired) electrons. The number of ether oxygens (including phenoxy) is 1. The number of amides is 2. The first-order valence-corrected chi connectivity index (χ1v) is 8.51. The standard InChI is InChI=1S/C9H17NO3.C6H13NO.C3H4O2/c1-9(2,7(12)5-6-11)8(13)10(3)4;1-5(2)6(8)7(3)4;4-3-1-2-5-3/h11H,5-6H2,1-4H3;5H,1-4H3;1-2H2. The number of aliphatic hydroxyl groups is 1. The van der Waals surface area contributed by atoms with Crippen LogP contribution in [0.4, 0.5) is 0 Å². The van der Waals surface area contributed by atoms with Crippen molar-refractivity contribution in [2.75, 3.05) is 41.4 Å². The van der Waals surface area contributed by atoms with E-state index in [9.17, 15) is 19.2 Å². The fourth-order valence-corrected chi connectivity index (χ4v) is 1.79. The molecule has 0 aliphatic carbocycles. The highest BCUT2D eigenvalue weighted by molar-refractivity contribution is 6.05. The summed E-state index contributed by atoms with van der Waals surface area (Å²) in [4.78, 5) is 46.3. The van der Waals surface area contributed by atoms with Crippen molar-refractivity contribution in [2.45, 2.75) is 40.5 Å². The lowest BCUT2D eigenvalue weighted by atomic mass is 9.85. The third kappa shape index (κ3) is 10.1. The number of hydrogen-bond donors (Lipinski definition) is 1. The molecule has 0 unspecified atom stereocenters. The van der Waals surface area contributed by atoms with Gasteiger partial charge in [0.2, 0.25) is 11.8 Å². The van der Waals surface area contributed by atoms with E-state index in [1.54, 1.807) is 46.9 Å². The molecule has 1 saturated heterocycles. The second-order valence-electron chi connectivity index (χ2n) is 7.08. The number of hydrogen-bond acceptors (Lipinski definition) is 6. The molecular formula is C18H34N2O6. The molecule has 0 bridgehead atoms. The molecule has 1 rings (SSSR count). The minimum atomic E-state index is -1.02. The van der Waals surface area contributed by atoms with Crippen molar-refractivity contribution in [3.8, 4) is 0 Å². The number of esters is 1. The first kappa shape index (κ1) is 26.3. The number of nitrogens with zero attached hydrogens (tertiary/aromatic N) is 2. The fourth-order valence-electron chi connectivity index (χ4n) is 1.79. The zero-order valence-electron chi connectivity index (χ0n) is 17.3. The summed E-state index contributed by atoms with van der Waals surface area (Å²) in [5, 5.41) is 8.57. The molecule has 8 heteroatoms. The third-order valence-corrected chi connectivity index (χ3v) is 3.48. The van der Waals surface area contributed by atoms with Crippen LogP contribution in [-0.4, -0.2) is 79.9 Å². The van der Waals surface area contributed by atoms with Crippen LogP contribution in [0.1, 0.15) is 40.5 Å². The Morgan fingerprint density at radius 2 is 1.54 bits per heavy atom. The number of Topliss-reactive ketones (excluding diaryl/α,β-unsaturated/α-hetero) is 1. The Labute approximate surface area is 156 Å². The van der Waals surface area contributed by atoms with Gasteiger partial charge in [-0.3, -0.25) is 19.2 Å². The number of carbonyl (C=O) groups is 4. The summed E-state index contributed by atoms with van der Waals surface area (Å²) in [7, 11) is 6.75. The molecule has 0 aromatic rings. The van der Waals surface area contributed by atoms with Gasteiger partial charge in [0.15, 0.2) is 0 Å². The van der Waals surface area contributed by atoms with E-state index in [0.29, 0.717) is 13.0 Å². The predicted molar refractivity (Wildman–Crippen MR) is 98.3 cm³/mol. The van der Waals surface area contributed by atoms with Gasteiger partial charge in [-0.1, -0.05) is 13.8 Å². The summed E-state index contributed by atoms with van der Waals surface area (Å²) in [6.45, 7) is 7.37. The lowest BCUT2D eigenvalue weighted by Gasteiger charge is -2.25. The Kier molecular flexibility index (Phi) is 12.5. The van der Waals surface area contributed by atoms with Gasteiger partial charge < -0.3 is 19.6 Å². The van der Waals surface area contributed by atoms with Gasteiger partial charge >= 0.3 is 5.97 Å². The van der Waals surface area contributed by atoms with Gasteiger partial charge in [-0.2, -0.15) is 0 Å². The molecule has 1 heterocycles. The van der Waals surface area contributed by atoms with Crippen molar-refractivity contribution in [1.29, 1.82) is 0 Å². The smallest absolute Gasteiger partial charge is 0.309 e. The van der Waals surface area contributed by atoms with E-state index in [2.05, 4.69) is 4.74 Å². The Bertz CT molecular complexity index is 468. The Morgan fingerprint density at radius 1 is 1.12 bits per heavy atom. The van der Waals surface area contributed by atoms with E-state index in [1.165, 1.54) is 4.90 Å². The Hall–Kier alpha value is -1.96. The molecule has 0 saturated carbocycles. The molecule has 2 amide bonds. The fraction of sp³-hybridized carbons (Fsp3) is 0.778. The van der Waals surface area contributed by atoms with Crippen LogP contribution in [0, 0.1) is 11.3 Å². The van der Waals surface area contributed by atoms with Crippen molar-refractivity contribution in [3.05, 3.63) is 0 Å². The monoisotopic (exact) mass is 374 g/mol. The average Bonchev–Trinajstić information content (AvgIpc) is 2.52. The number of rotatable bonds is 5. The lowest BCUT2D eigenvalue weighted by molar-refractivity contribution is -0.157. The molecule has 0 atom stereocenters. The maximum absolute atomic E-state index is 11.5. The highest BCUT2D eigenvalue weighted by Gasteiger charge is 2.35. The molecule has 1 N–H and O–H groups in total. The molecule has 0 spiro atoms. The van der Waals surface area contributed by atoms with Crippen molar-refractivity contribution in [1.82, 2.24) is 9.80 Å². The highest BCUT2D eigenvalue weighted by atomic mass is 16.6. The molecule has 1 aliphatic rings. The first-order valence-electron chi connectivity index (χ1n) is 8.51. The van der Waals surface area contributed by atoms with Gasteiger partial charge in [-0.15, -0.1) is 0 Å². The van der Waals surface area contributed by atoms with Crippen molar-refractivity contribution in [2.24, 2.45) is 11.3 Å². The number of aliphatic hydroxyl groups excluding tert-OH is 1. The molecule has 0 aromatic heterocycles. The van der Waals surface area contributed by atoms with Crippen LogP contribution in [-0.2, 0) is 23.9 Å². The van der Waals surface area contributed by atoms with E-state index >= 15 is 0 Å². The summed E-state index contributed by atoms with van der Waals surface area (Å²) in [6.07, 6.45) is 0.659. The second kappa shape index (κ2) is 12.4. The first-order chi connectivity index (χ1) is 11.8. The number of ketones is 1. The van der Waals surface area contributed by atoms with Gasteiger partial charge in [0.25, 0.3) is 0 Å². The quantitative estimate of drug-likeness (QED) is 0.562. The largest absolute Gasteiger partial charge is 0.465 e. The number of cyclic esters (lactones) is 1. The molecule has 8 nitrogen and oxygen atoms in total. The van der Waals surface area contributed by atoms with E-state index in [1.807, 2.05) is 13.8 Å². The Balaban J connectivity index is 0. The molecule has 0 aromatic carbocycles. The second-order valence-corrected chi connectivity index (χ2v) is 7.08. The Morgan fingerprint density at radius 3 is 1.69 bits per heavy atom. The van der Waals surface area contributed by atoms with Crippen LogP contribution in [0.25, 0.3) is 0 Å². The minimum absolute atomic E-state index is 0.0343. The van der Waals surface area contributed by atoms with Gasteiger partial charge in [-0.25, -0.2) is 0 Å². The van der Waals surface area contributed by atoms with Crippen LogP contribution in [0.3, 0.4) is 0 Å². The van der Waals surface area contributed by atoms with Crippen LogP contribution in [0.2, 0.25) is 0 Å². The maximum atomic E-state index is 11.5. The van der Waals surface area contributed by atoms with Gasteiger partial charge in [0, 0.05) is 47.1 Å². The van der Waals surface area contributed by atoms with Crippen LogP contribution >= 0.6 is 0 Å². The van der Waals surface area contributed by atoms with Gasteiger partial charge in [0.1, 0.15) is 17.8 Å². The highest BCUT2D eigenvalue weighted by Crippen LogP contribution is 2.20. The molecule has 1 fully saturated rings. The average molecular weight is 374 g/mol. The number of carbonyl (C=O) groups excluding carboxylic acids is 4. The molecule has 152 valence electrons. The summed E-state index contributed by atoms with van der Waals surface area (Å²) in [5.41, 5.74) is -1.02. The summed E-state index contributed by atoms with van der Waals surface area (Å²) in [5.74, 6) is -0.209. The molecule has 26 heavy (non-hydrogen) atoms. The van der Waals surface area contributed by atoms with Crippen molar-refractivity contribution in [3.63, 3.8) is 0 Å². The van der Waals surface area contributed by atoms with Crippen LogP contribution in [0.15, 0.2) is 0 Å². The van der Waals surface area contributed by atoms with Crippen LogP contribution < -0.4 is 0 Å². The summed E-state index contributed by atoms with van der Waals surface area (Å²) in [6, 6.07) is 0. The molecule has 1 aliphatic heterocycles. The SMILES string of the molecule is CC(C)C(=O)N(C)C.CN(C)C(=O)C(C)(C)C(=O)CCO.O=C1CCO1. The van der Waals surface area contributed by atoms with Crippen molar-refractivity contribution < 1.29 is 29.0 Å². The zero-order chi connectivity index (χ0) is 21.1. The third-order valence-electron chi connectivity index (χ3n) is 3.48. The van der Waals surface area contributed by atoms with E-state index in [-0.39, 0.29) is 42.5 Å². The van der Waals surface area contributed by atoms with Gasteiger partial charge in [0.05, 0.1) is 6.42 Å². The topological polar surface area (TPSA) is 104 Å². The summed E-state index contributed by atoms with van der Waals surface area (Å²) >= 11 is 0. The normalized spacial score (nSPS) is 12.5. The lowest BCUT2D eigenvalue weighted by Crippen LogP contribution is -2.41. The molecular weight excluding hydrogens is 340 g/mol.